The zero-order chi connectivity index (χ0) is 12.4. The second-order valence-electron chi connectivity index (χ2n) is 3.36. The Balaban J connectivity index is 2.40. The summed E-state index contributed by atoms with van der Waals surface area (Å²) in [7, 11) is 1.66. The van der Waals surface area contributed by atoms with Gasteiger partial charge in [-0.25, -0.2) is 4.68 Å². The molecular weight excluding hydrogens is 226 g/mol. The molecule has 17 heavy (non-hydrogen) atoms. The summed E-state index contributed by atoms with van der Waals surface area (Å²) < 4.78 is 7.13. The topological polar surface area (TPSA) is 91.9 Å². The van der Waals surface area contributed by atoms with E-state index in [4.69, 9.17) is 4.74 Å². The van der Waals surface area contributed by atoms with Crippen LogP contribution in [0.2, 0.25) is 0 Å². The Labute approximate surface area is 95.8 Å². The van der Waals surface area contributed by atoms with Crippen molar-refractivity contribution in [3.05, 3.63) is 16.6 Å². The van der Waals surface area contributed by atoms with Crippen LogP contribution in [0.25, 0.3) is 11.0 Å². The van der Waals surface area contributed by atoms with E-state index in [0.29, 0.717) is 11.0 Å². The summed E-state index contributed by atoms with van der Waals surface area (Å²) in [4.78, 5) is 23.1. The highest BCUT2D eigenvalue weighted by atomic mass is 16.5. The molecule has 0 fully saturated rings. The van der Waals surface area contributed by atoms with Crippen molar-refractivity contribution in [2.75, 3.05) is 6.61 Å². The quantitative estimate of drug-likeness (QED) is 0.641. The maximum Gasteiger partial charge on any atom is 0.327 e. The summed E-state index contributed by atoms with van der Waals surface area (Å²) in [6.45, 7) is 1.71. The van der Waals surface area contributed by atoms with Crippen molar-refractivity contribution in [2.24, 2.45) is 7.05 Å². The molecule has 0 aromatic carbocycles. The van der Waals surface area contributed by atoms with E-state index >= 15 is 0 Å². The Morgan fingerprint density at radius 1 is 1.53 bits per heavy atom. The van der Waals surface area contributed by atoms with Gasteiger partial charge in [0.2, 0.25) is 0 Å². The van der Waals surface area contributed by atoms with Crippen LogP contribution in [0.15, 0.2) is 11.0 Å². The molecule has 0 saturated carbocycles. The molecule has 2 aromatic rings. The summed E-state index contributed by atoms with van der Waals surface area (Å²) in [5.41, 5.74) is -0.0220. The van der Waals surface area contributed by atoms with Crippen LogP contribution in [0, 0.1) is 0 Å². The molecule has 2 rings (SSSR count). The molecule has 90 valence electrons. The summed E-state index contributed by atoms with van der Waals surface area (Å²) in [6, 6.07) is 0. The van der Waals surface area contributed by atoms with Gasteiger partial charge >= 0.3 is 5.97 Å². The minimum Gasteiger partial charge on any atom is -0.465 e. The third-order valence-electron chi connectivity index (χ3n) is 2.20. The van der Waals surface area contributed by atoms with Crippen molar-refractivity contribution in [3.63, 3.8) is 0 Å². The van der Waals surface area contributed by atoms with Crippen molar-refractivity contribution >= 4 is 17.0 Å². The third kappa shape index (κ3) is 2.01. The Hall–Kier alpha value is -2.25. The second kappa shape index (κ2) is 4.32. The van der Waals surface area contributed by atoms with Crippen molar-refractivity contribution in [1.82, 2.24) is 24.8 Å². The standard InChI is InChI=1S/C9H11N5O3/c1-3-17-7(15)5-14-9(16)6-4-10-13(2)8(6)11-12-14/h4H,3,5H2,1-2H3. The number of hydrogen-bond donors (Lipinski definition) is 0. The number of esters is 1. The fraction of sp³-hybridized carbons (Fsp3) is 0.444. The fourth-order valence-corrected chi connectivity index (χ4v) is 1.41. The summed E-state index contributed by atoms with van der Waals surface area (Å²) in [5, 5.41) is 11.7. The normalized spacial score (nSPS) is 10.7. The average Bonchev–Trinajstić information content (AvgIpc) is 2.66. The van der Waals surface area contributed by atoms with Crippen molar-refractivity contribution < 1.29 is 9.53 Å². The lowest BCUT2D eigenvalue weighted by molar-refractivity contribution is -0.144. The fourth-order valence-electron chi connectivity index (χ4n) is 1.41. The first kappa shape index (κ1) is 11.2. The molecule has 2 aromatic heterocycles. The van der Waals surface area contributed by atoms with E-state index in [1.165, 1.54) is 10.9 Å². The van der Waals surface area contributed by atoms with E-state index in [1.807, 2.05) is 0 Å². The van der Waals surface area contributed by atoms with Gasteiger partial charge in [0.25, 0.3) is 5.56 Å². The Morgan fingerprint density at radius 2 is 2.29 bits per heavy atom. The molecule has 0 N–H and O–H groups in total. The van der Waals surface area contributed by atoms with Gasteiger partial charge in [-0.2, -0.15) is 9.78 Å². The lowest BCUT2D eigenvalue weighted by Crippen LogP contribution is -2.28. The molecule has 0 aliphatic rings. The molecule has 8 nitrogen and oxygen atoms in total. The number of carbonyl (C=O) groups is 1. The lowest BCUT2D eigenvalue weighted by Gasteiger charge is -2.02. The lowest BCUT2D eigenvalue weighted by atomic mass is 10.4. The molecule has 0 aliphatic heterocycles. The van der Waals surface area contributed by atoms with E-state index in [-0.39, 0.29) is 13.2 Å². The predicted molar refractivity (Wildman–Crippen MR) is 57.2 cm³/mol. The minimum atomic E-state index is -0.521. The molecule has 0 aliphatic carbocycles. The van der Waals surface area contributed by atoms with Crippen LogP contribution >= 0.6 is 0 Å². The van der Waals surface area contributed by atoms with Crippen LogP contribution in [0.5, 0.6) is 0 Å². The number of aromatic nitrogens is 5. The van der Waals surface area contributed by atoms with Crippen molar-refractivity contribution in [2.45, 2.75) is 13.5 Å². The van der Waals surface area contributed by atoms with E-state index < -0.39 is 11.5 Å². The van der Waals surface area contributed by atoms with Crippen LogP contribution in [0.1, 0.15) is 6.92 Å². The molecule has 0 spiro atoms. The van der Waals surface area contributed by atoms with Crippen LogP contribution in [-0.2, 0) is 23.1 Å². The molecule has 8 heteroatoms. The predicted octanol–water partition coefficient (Wildman–Crippen LogP) is -0.912. The highest BCUT2D eigenvalue weighted by molar-refractivity contribution is 5.73. The second-order valence-corrected chi connectivity index (χ2v) is 3.36. The Bertz CT molecular complexity index is 615. The first-order valence-electron chi connectivity index (χ1n) is 5.04. The Kier molecular flexibility index (Phi) is 2.86. The number of aryl methyl sites for hydroxylation is 1. The number of fused-ring (bicyclic) bond motifs is 1. The molecule has 0 saturated heterocycles. The van der Waals surface area contributed by atoms with Gasteiger partial charge < -0.3 is 4.74 Å². The van der Waals surface area contributed by atoms with Crippen LogP contribution in [0.4, 0.5) is 0 Å². The molecule has 2 heterocycles. The molecular formula is C9H11N5O3. The third-order valence-corrected chi connectivity index (χ3v) is 2.20. The van der Waals surface area contributed by atoms with Crippen molar-refractivity contribution in [3.8, 4) is 0 Å². The number of ether oxygens (including phenoxy) is 1. The molecule has 0 bridgehead atoms. The number of hydrogen-bond acceptors (Lipinski definition) is 6. The van der Waals surface area contributed by atoms with Gasteiger partial charge in [0, 0.05) is 7.05 Å². The van der Waals surface area contributed by atoms with Gasteiger partial charge in [-0.3, -0.25) is 9.59 Å². The minimum absolute atomic E-state index is 0.246. The van der Waals surface area contributed by atoms with E-state index in [9.17, 15) is 9.59 Å². The van der Waals surface area contributed by atoms with Crippen LogP contribution in [-0.4, -0.2) is 37.4 Å². The van der Waals surface area contributed by atoms with Gasteiger partial charge in [0.1, 0.15) is 11.9 Å². The van der Waals surface area contributed by atoms with Gasteiger partial charge in [0.15, 0.2) is 5.65 Å². The smallest absolute Gasteiger partial charge is 0.327 e. The monoisotopic (exact) mass is 237 g/mol. The summed E-state index contributed by atoms with van der Waals surface area (Å²) in [6.07, 6.45) is 1.40. The number of nitrogens with zero attached hydrogens (tertiary/aromatic N) is 5. The number of rotatable bonds is 3. The molecule has 0 unspecified atom stereocenters. The van der Waals surface area contributed by atoms with Crippen molar-refractivity contribution in [1.29, 1.82) is 0 Å². The highest BCUT2D eigenvalue weighted by Crippen LogP contribution is 2.01. The van der Waals surface area contributed by atoms with Gasteiger partial charge in [0.05, 0.1) is 12.8 Å². The van der Waals surface area contributed by atoms with E-state index in [1.54, 1.807) is 14.0 Å². The zero-order valence-electron chi connectivity index (χ0n) is 9.45. The average molecular weight is 237 g/mol. The maximum atomic E-state index is 11.9. The van der Waals surface area contributed by atoms with E-state index in [0.717, 1.165) is 4.68 Å². The SMILES string of the molecule is CCOC(=O)Cn1nnc2c(cnn2C)c1=O. The summed E-state index contributed by atoms with van der Waals surface area (Å²) in [5.74, 6) is -0.521. The number of carbonyl (C=O) groups excluding carboxylic acids is 1. The maximum absolute atomic E-state index is 11.9. The summed E-state index contributed by atoms with van der Waals surface area (Å²) >= 11 is 0. The first-order chi connectivity index (χ1) is 8.13. The molecule has 0 atom stereocenters. The molecule has 0 radical (unpaired) electrons. The first-order valence-corrected chi connectivity index (χ1v) is 5.04. The van der Waals surface area contributed by atoms with Gasteiger partial charge in [-0.05, 0) is 6.92 Å². The van der Waals surface area contributed by atoms with Gasteiger partial charge in [-0.15, -0.1) is 5.10 Å². The van der Waals surface area contributed by atoms with Crippen LogP contribution < -0.4 is 5.56 Å². The van der Waals surface area contributed by atoms with Gasteiger partial charge in [-0.1, -0.05) is 5.21 Å². The van der Waals surface area contributed by atoms with E-state index in [2.05, 4.69) is 15.4 Å². The zero-order valence-corrected chi connectivity index (χ0v) is 9.45. The van der Waals surface area contributed by atoms with Crippen LogP contribution in [0.3, 0.4) is 0 Å². The molecule has 0 amide bonds. The highest BCUT2D eigenvalue weighted by Gasteiger charge is 2.12. The Morgan fingerprint density at radius 3 is 3.00 bits per heavy atom. The largest absolute Gasteiger partial charge is 0.465 e.